The van der Waals surface area contributed by atoms with Gasteiger partial charge in [-0.2, -0.15) is 0 Å². The number of aliphatic hydroxyl groups is 1. The predicted octanol–water partition coefficient (Wildman–Crippen LogP) is 3.71. The molecule has 2 fully saturated rings. The molecular weight excluding hydrogens is 418 g/mol. The summed E-state index contributed by atoms with van der Waals surface area (Å²) < 4.78 is 5.46. The summed E-state index contributed by atoms with van der Waals surface area (Å²) in [5.74, 6) is 0.0269. The first-order valence-corrected chi connectivity index (χ1v) is 9.39. The lowest BCUT2D eigenvalue weighted by atomic mass is 9.75. The van der Waals surface area contributed by atoms with Crippen molar-refractivity contribution in [1.29, 1.82) is 0 Å². The van der Waals surface area contributed by atoms with E-state index < -0.39 is 5.60 Å². The minimum atomic E-state index is -0.706. The third-order valence-electron chi connectivity index (χ3n) is 5.39. The number of piperidine rings is 1. The molecule has 2 heterocycles. The van der Waals surface area contributed by atoms with Crippen molar-refractivity contribution < 1.29 is 9.84 Å². The van der Waals surface area contributed by atoms with Crippen molar-refractivity contribution in [3.05, 3.63) is 33.8 Å². The molecule has 0 radical (unpaired) electrons. The molecule has 150 valence electrons. The maximum Gasteiger partial charge on any atom is 0.0752 e. The van der Waals surface area contributed by atoms with Crippen molar-refractivity contribution in [1.82, 2.24) is 9.80 Å². The maximum absolute atomic E-state index is 11.4. The Bertz CT molecular complexity index is 562. The van der Waals surface area contributed by atoms with Crippen LogP contribution in [0.4, 0.5) is 0 Å². The molecule has 0 aliphatic carbocycles. The van der Waals surface area contributed by atoms with Gasteiger partial charge in [-0.3, -0.25) is 4.90 Å². The molecule has 1 aromatic rings. The van der Waals surface area contributed by atoms with E-state index in [1.165, 1.54) is 0 Å². The number of likely N-dealkylation sites (tertiary alicyclic amines) is 1. The summed E-state index contributed by atoms with van der Waals surface area (Å²) in [5, 5.41) is 12.5. The molecule has 26 heavy (non-hydrogen) atoms. The van der Waals surface area contributed by atoms with E-state index in [1.807, 2.05) is 18.2 Å². The highest BCUT2D eigenvalue weighted by Crippen LogP contribution is 2.39. The molecule has 1 aromatic carbocycles. The number of morpholine rings is 1. The van der Waals surface area contributed by atoms with Gasteiger partial charge in [0.05, 0.1) is 28.9 Å². The second kappa shape index (κ2) is 10.7. The topological polar surface area (TPSA) is 35.9 Å². The Morgan fingerprint density at radius 2 is 1.69 bits per heavy atom. The molecule has 3 rings (SSSR count). The van der Waals surface area contributed by atoms with Crippen LogP contribution in [0.3, 0.4) is 0 Å². The van der Waals surface area contributed by atoms with Gasteiger partial charge in [0, 0.05) is 38.6 Å². The van der Waals surface area contributed by atoms with E-state index in [-0.39, 0.29) is 30.7 Å². The number of nitrogens with zero attached hydrogens (tertiary/aromatic N) is 2. The Hall–Kier alpha value is 0.220. The number of halogens is 4. The minimum Gasteiger partial charge on any atom is -0.389 e. The van der Waals surface area contributed by atoms with Crippen LogP contribution in [0, 0.1) is 0 Å². The number of hydrogen-bond acceptors (Lipinski definition) is 4. The zero-order chi connectivity index (χ0) is 17.2. The van der Waals surface area contributed by atoms with E-state index >= 15 is 0 Å². The highest BCUT2D eigenvalue weighted by atomic mass is 35.5. The van der Waals surface area contributed by atoms with E-state index in [0.717, 1.165) is 64.3 Å². The van der Waals surface area contributed by atoms with Gasteiger partial charge in [-0.05, 0) is 37.6 Å². The number of hydrogen-bond donors (Lipinski definition) is 1. The van der Waals surface area contributed by atoms with Crippen molar-refractivity contribution in [2.24, 2.45) is 0 Å². The first-order chi connectivity index (χ1) is 11.5. The van der Waals surface area contributed by atoms with Crippen LogP contribution < -0.4 is 0 Å². The van der Waals surface area contributed by atoms with Crippen molar-refractivity contribution in [2.75, 3.05) is 53.0 Å². The smallest absolute Gasteiger partial charge is 0.0752 e. The van der Waals surface area contributed by atoms with Crippen LogP contribution in [0.1, 0.15) is 24.3 Å². The number of ether oxygens (including phenoxy) is 1. The van der Waals surface area contributed by atoms with E-state index in [2.05, 4.69) is 16.8 Å². The van der Waals surface area contributed by atoms with Crippen LogP contribution in [-0.4, -0.2) is 73.5 Å². The quantitative estimate of drug-likeness (QED) is 0.766. The Morgan fingerprint density at radius 3 is 2.27 bits per heavy atom. The van der Waals surface area contributed by atoms with Gasteiger partial charge in [-0.25, -0.2) is 0 Å². The van der Waals surface area contributed by atoms with E-state index in [4.69, 9.17) is 27.9 Å². The summed E-state index contributed by atoms with van der Waals surface area (Å²) in [6.45, 7) is 5.99. The van der Waals surface area contributed by atoms with Gasteiger partial charge in [-0.1, -0.05) is 29.3 Å². The first kappa shape index (κ1) is 24.3. The molecule has 8 heteroatoms. The largest absolute Gasteiger partial charge is 0.389 e. The van der Waals surface area contributed by atoms with Gasteiger partial charge in [0.1, 0.15) is 0 Å². The number of rotatable bonds is 4. The predicted molar refractivity (Wildman–Crippen MR) is 113 cm³/mol. The molecule has 4 nitrogen and oxygen atoms in total. The molecule has 0 aromatic heterocycles. The molecule has 0 bridgehead atoms. The minimum absolute atomic E-state index is 0. The highest BCUT2D eigenvalue weighted by Gasteiger charge is 2.41. The molecule has 1 unspecified atom stereocenters. The lowest BCUT2D eigenvalue weighted by molar-refractivity contribution is -0.0537. The third-order valence-corrected chi connectivity index (χ3v) is 6.13. The second-order valence-electron chi connectivity index (χ2n) is 7.05. The van der Waals surface area contributed by atoms with E-state index in [9.17, 15) is 5.11 Å². The summed E-state index contributed by atoms with van der Waals surface area (Å²) in [7, 11) is 2.11. The molecule has 2 aliphatic rings. The lowest BCUT2D eigenvalue weighted by Gasteiger charge is -2.44. The Morgan fingerprint density at radius 1 is 1.08 bits per heavy atom. The molecule has 2 saturated heterocycles. The maximum atomic E-state index is 11.4. The van der Waals surface area contributed by atoms with Crippen molar-refractivity contribution in [3.8, 4) is 0 Å². The number of benzene rings is 1. The summed E-state index contributed by atoms with van der Waals surface area (Å²) >= 11 is 12.3. The summed E-state index contributed by atoms with van der Waals surface area (Å²) in [6, 6.07) is 5.77. The molecule has 2 aliphatic heterocycles. The summed E-state index contributed by atoms with van der Waals surface area (Å²) in [5.41, 5.74) is 0.366. The average Bonchev–Trinajstić information content (AvgIpc) is 2.59. The van der Waals surface area contributed by atoms with Crippen LogP contribution >= 0.6 is 48.0 Å². The zero-order valence-corrected chi connectivity index (χ0v) is 18.1. The third kappa shape index (κ3) is 5.86. The SMILES string of the molecule is CN1CCC(O)(C(CN2CCOCC2)c2ccc(Cl)c(Cl)c2)CC1.Cl.Cl. The van der Waals surface area contributed by atoms with Crippen LogP contribution in [0.15, 0.2) is 18.2 Å². The lowest BCUT2D eigenvalue weighted by Crippen LogP contribution is -2.51. The Balaban J connectivity index is 0.00000169. The zero-order valence-electron chi connectivity index (χ0n) is 15.0. The van der Waals surface area contributed by atoms with Gasteiger partial charge >= 0.3 is 0 Å². The molecule has 0 saturated carbocycles. The molecule has 1 atom stereocenters. The van der Waals surface area contributed by atoms with Gasteiger partial charge in [0.15, 0.2) is 0 Å². The molecular formula is C18H28Cl4N2O2. The van der Waals surface area contributed by atoms with E-state index in [1.54, 1.807) is 0 Å². The van der Waals surface area contributed by atoms with Gasteiger partial charge in [0.25, 0.3) is 0 Å². The summed E-state index contributed by atoms with van der Waals surface area (Å²) in [6.07, 6.45) is 1.55. The van der Waals surface area contributed by atoms with Crippen LogP contribution in [0.25, 0.3) is 0 Å². The first-order valence-electron chi connectivity index (χ1n) is 8.64. The van der Waals surface area contributed by atoms with Crippen LogP contribution in [0.2, 0.25) is 10.0 Å². The standard InChI is InChI=1S/C18H26Cl2N2O2.2ClH/c1-21-6-4-18(23,5-7-21)15(13-22-8-10-24-11-9-22)14-2-3-16(19)17(20)12-14;;/h2-3,12,15,23H,4-11,13H2,1H3;2*1H. The van der Waals surface area contributed by atoms with Crippen molar-refractivity contribution >= 4 is 48.0 Å². The fourth-order valence-electron chi connectivity index (χ4n) is 3.71. The Kier molecular flexibility index (Phi) is 9.96. The van der Waals surface area contributed by atoms with Crippen LogP contribution in [0.5, 0.6) is 0 Å². The van der Waals surface area contributed by atoms with Crippen LogP contribution in [-0.2, 0) is 4.74 Å². The van der Waals surface area contributed by atoms with Gasteiger partial charge in [-0.15, -0.1) is 24.8 Å². The fraction of sp³-hybridized carbons (Fsp3) is 0.667. The van der Waals surface area contributed by atoms with E-state index in [0.29, 0.717) is 10.0 Å². The monoisotopic (exact) mass is 444 g/mol. The fourth-order valence-corrected chi connectivity index (χ4v) is 4.02. The molecule has 0 spiro atoms. The van der Waals surface area contributed by atoms with Crippen molar-refractivity contribution in [3.63, 3.8) is 0 Å². The Labute approximate surface area is 178 Å². The highest BCUT2D eigenvalue weighted by molar-refractivity contribution is 6.42. The molecule has 1 N–H and O–H groups in total. The average molecular weight is 446 g/mol. The van der Waals surface area contributed by atoms with Gasteiger partial charge < -0.3 is 14.7 Å². The normalized spacial score (nSPS) is 22.2. The molecule has 0 amide bonds. The second-order valence-corrected chi connectivity index (χ2v) is 7.86. The summed E-state index contributed by atoms with van der Waals surface area (Å²) in [4.78, 5) is 4.65. The van der Waals surface area contributed by atoms with Gasteiger partial charge in [0.2, 0.25) is 0 Å². The van der Waals surface area contributed by atoms with Crippen molar-refractivity contribution in [2.45, 2.75) is 24.4 Å².